The van der Waals surface area contributed by atoms with Gasteiger partial charge >= 0.3 is 0 Å². The number of nitrogens with zero attached hydrogens (tertiary/aromatic N) is 4. The van der Waals surface area contributed by atoms with Gasteiger partial charge in [0, 0.05) is 22.2 Å². The molecule has 3 aliphatic heterocycles. The van der Waals surface area contributed by atoms with Crippen LogP contribution >= 0.6 is 0 Å². The molecule has 0 radical (unpaired) electrons. The quantitative estimate of drug-likeness (QED) is 0.668. The molecule has 3 aliphatic rings. The number of hydrogen-bond acceptors (Lipinski definition) is 4. The van der Waals surface area contributed by atoms with E-state index in [0.29, 0.717) is 11.7 Å². The molecular weight excluding hydrogens is 348 g/mol. The maximum atomic E-state index is 4.74. The molecule has 0 aromatic carbocycles. The number of amidine groups is 2. The number of aliphatic imine (C=N–C) groups is 4. The van der Waals surface area contributed by atoms with Crippen molar-refractivity contribution in [2.24, 2.45) is 25.4 Å². The third kappa shape index (κ3) is 2.56. The van der Waals surface area contributed by atoms with Crippen molar-refractivity contribution in [3.05, 3.63) is 60.0 Å². The van der Waals surface area contributed by atoms with Crippen LogP contribution in [0.4, 0.5) is 11.6 Å². The topological polar surface area (TPSA) is 81.0 Å². The summed E-state index contributed by atoms with van der Waals surface area (Å²) in [5.74, 6) is 2.98. The molecule has 8 bridgehead atoms. The average Bonchev–Trinajstić information content (AvgIpc) is 3.42. The second-order valence-corrected chi connectivity index (χ2v) is 8.37. The van der Waals surface area contributed by atoms with Crippen LogP contribution < -0.4 is 0 Å². The minimum Gasteiger partial charge on any atom is -0.343 e. The fourth-order valence-electron chi connectivity index (χ4n) is 3.67. The van der Waals surface area contributed by atoms with Crippen molar-refractivity contribution in [2.45, 2.75) is 33.1 Å². The molecule has 5 rings (SSSR count). The fourth-order valence-corrected chi connectivity index (χ4v) is 3.67. The van der Waals surface area contributed by atoms with E-state index in [-0.39, 0.29) is 10.8 Å². The Hall–Kier alpha value is -3.28. The Labute approximate surface area is 163 Å². The van der Waals surface area contributed by atoms with Crippen molar-refractivity contribution in [3.63, 3.8) is 0 Å². The number of aromatic amines is 2. The molecular formula is C22H22N6. The monoisotopic (exact) mass is 370 g/mol. The summed E-state index contributed by atoms with van der Waals surface area (Å²) in [6, 6.07) is 8.14. The Balaban J connectivity index is 1.70. The lowest BCUT2D eigenvalue weighted by molar-refractivity contribution is 0.604. The van der Waals surface area contributed by atoms with E-state index in [1.807, 2.05) is 36.4 Å². The highest BCUT2D eigenvalue weighted by Gasteiger charge is 2.33. The lowest BCUT2D eigenvalue weighted by Gasteiger charge is -2.22. The molecule has 6 heteroatoms. The lowest BCUT2D eigenvalue weighted by Crippen LogP contribution is -2.30. The van der Waals surface area contributed by atoms with Gasteiger partial charge in [-0.15, -0.1) is 0 Å². The predicted octanol–water partition coefficient (Wildman–Crippen LogP) is 4.79. The Morgan fingerprint density at radius 1 is 0.571 bits per heavy atom. The van der Waals surface area contributed by atoms with Gasteiger partial charge in [-0.3, -0.25) is 0 Å². The average molecular weight is 370 g/mol. The van der Waals surface area contributed by atoms with Gasteiger partial charge < -0.3 is 9.97 Å². The standard InChI is InChI=1S/C22H22N6/c1-21(2)13-5-9-17(23-13)27-19-11-7-15(25-19)22(3,4)16-8-12-20(26-16)28-18-10-6-14(21)24-18/h5-12,23-24H,1-4H3/b27-19-,28-20?. The molecule has 5 heterocycles. The molecule has 0 spiro atoms. The number of rotatable bonds is 0. The largest absolute Gasteiger partial charge is 0.343 e. The molecule has 0 atom stereocenters. The van der Waals surface area contributed by atoms with E-state index in [4.69, 9.17) is 9.98 Å². The number of allylic oxidation sites excluding steroid dienone is 2. The van der Waals surface area contributed by atoms with Crippen LogP contribution in [0.15, 0.2) is 68.5 Å². The van der Waals surface area contributed by atoms with Gasteiger partial charge in [-0.25, -0.2) is 20.0 Å². The van der Waals surface area contributed by atoms with Crippen LogP contribution in [0.1, 0.15) is 39.1 Å². The number of nitrogens with one attached hydrogen (secondary N) is 2. The number of hydrogen-bond donors (Lipinski definition) is 2. The molecule has 0 saturated carbocycles. The maximum absolute atomic E-state index is 4.74. The number of H-pyrrole nitrogens is 2. The van der Waals surface area contributed by atoms with E-state index in [1.54, 1.807) is 0 Å². The van der Waals surface area contributed by atoms with Crippen LogP contribution in [0, 0.1) is 5.41 Å². The number of aromatic nitrogens is 2. The Morgan fingerprint density at radius 2 is 1.04 bits per heavy atom. The molecule has 0 fully saturated rings. The third-order valence-electron chi connectivity index (χ3n) is 5.69. The Kier molecular flexibility index (Phi) is 3.38. The molecule has 0 saturated heterocycles. The minimum absolute atomic E-state index is 0.240. The van der Waals surface area contributed by atoms with Crippen LogP contribution in [0.3, 0.4) is 0 Å². The van der Waals surface area contributed by atoms with Crippen LogP contribution in [0.25, 0.3) is 0 Å². The zero-order valence-corrected chi connectivity index (χ0v) is 16.4. The van der Waals surface area contributed by atoms with Crippen molar-refractivity contribution >= 4 is 34.7 Å². The Bertz CT molecular complexity index is 1070. The smallest absolute Gasteiger partial charge is 0.154 e. The molecule has 0 unspecified atom stereocenters. The zero-order chi connectivity index (χ0) is 19.5. The summed E-state index contributed by atoms with van der Waals surface area (Å²) in [7, 11) is 0. The molecule has 0 amide bonds. The van der Waals surface area contributed by atoms with Crippen LogP contribution in [-0.4, -0.2) is 33.1 Å². The first-order valence-electron chi connectivity index (χ1n) is 9.43. The van der Waals surface area contributed by atoms with Crippen molar-refractivity contribution in [1.29, 1.82) is 0 Å². The summed E-state index contributed by atoms with van der Waals surface area (Å²) in [6.45, 7) is 8.58. The van der Waals surface area contributed by atoms with Gasteiger partial charge in [-0.2, -0.15) is 0 Å². The van der Waals surface area contributed by atoms with E-state index in [9.17, 15) is 0 Å². The van der Waals surface area contributed by atoms with E-state index < -0.39 is 0 Å². The SMILES string of the molecule is CC1(C)C2=NC(=Nc3ccc([nH]3)C(C)(C)c3ccc([nH]3)/N=C3/C=CC1=N3)C=C2. The highest BCUT2D eigenvalue weighted by atomic mass is 15.0. The van der Waals surface area contributed by atoms with Gasteiger partial charge in [0.25, 0.3) is 0 Å². The first-order valence-corrected chi connectivity index (χ1v) is 9.43. The van der Waals surface area contributed by atoms with Crippen molar-refractivity contribution in [3.8, 4) is 0 Å². The molecule has 28 heavy (non-hydrogen) atoms. The normalized spacial score (nSPS) is 23.1. The highest BCUT2D eigenvalue weighted by molar-refractivity contribution is 6.30. The first kappa shape index (κ1) is 16.9. The van der Waals surface area contributed by atoms with Gasteiger partial charge in [0.1, 0.15) is 11.6 Å². The second kappa shape index (κ2) is 5.61. The fraction of sp³-hybridized carbons (Fsp3) is 0.273. The predicted molar refractivity (Wildman–Crippen MR) is 115 cm³/mol. The lowest BCUT2D eigenvalue weighted by atomic mass is 9.82. The summed E-state index contributed by atoms with van der Waals surface area (Å²) in [5.41, 5.74) is 3.47. The van der Waals surface area contributed by atoms with E-state index in [0.717, 1.165) is 34.4 Å². The highest BCUT2D eigenvalue weighted by Crippen LogP contribution is 2.34. The van der Waals surface area contributed by atoms with Gasteiger partial charge in [0.05, 0.1) is 11.4 Å². The molecule has 2 aromatic heterocycles. The third-order valence-corrected chi connectivity index (χ3v) is 5.69. The summed E-state index contributed by atoms with van der Waals surface area (Å²) in [6.07, 6.45) is 7.94. The molecule has 2 N–H and O–H groups in total. The van der Waals surface area contributed by atoms with Gasteiger partial charge in [-0.05, 0) is 76.3 Å². The summed E-state index contributed by atoms with van der Waals surface area (Å²) in [5, 5.41) is 0. The van der Waals surface area contributed by atoms with Gasteiger partial charge in [0.2, 0.25) is 0 Å². The Morgan fingerprint density at radius 3 is 1.50 bits per heavy atom. The van der Waals surface area contributed by atoms with E-state index >= 15 is 0 Å². The molecule has 140 valence electrons. The summed E-state index contributed by atoms with van der Waals surface area (Å²) < 4.78 is 0. The van der Waals surface area contributed by atoms with Crippen LogP contribution in [0.2, 0.25) is 0 Å². The molecule has 6 nitrogen and oxygen atoms in total. The second-order valence-electron chi connectivity index (χ2n) is 8.37. The van der Waals surface area contributed by atoms with E-state index in [2.05, 4.69) is 59.8 Å². The first-order chi connectivity index (χ1) is 13.3. The zero-order valence-electron chi connectivity index (χ0n) is 16.4. The molecule has 0 aliphatic carbocycles. The van der Waals surface area contributed by atoms with Crippen LogP contribution in [0.5, 0.6) is 0 Å². The van der Waals surface area contributed by atoms with Crippen molar-refractivity contribution in [2.75, 3.05) is 0 Å². The van der Waals surface area contributed by atoms with Gasteiger partial charge in [0.15, 0.2) is 11.7 Å². The van der Waals surface area contributed by atoms with Crippen molar-refractivity contribution < 1.29 is 0 Å². The van der Waals surface area contributed by atoms with E-state index in [1.165, 1.54) is 0 Å². The van der Waals surface area contributed by atoms with Gasteiger partial charge in [-0.1, -0.05) is 0 Å². The van der Waals surface area contributed by atoms with Crippen molar-refractivity contribution in [1.82, 2.24) is 9.97 Å². The van der Waals surface area contributed by atoms with Crippen LogP contribution in [-0.2, 0) is 5.41 Å². The maximum Gasteiger partial charge on any atom is 0.154 e. The molecule has 2 aromatic rings. The summed E-state index contributed by atoms with van der Waals surface area (Å²) >= 11 is 0. The number of fused-ring (bicyclic) bond motifs is 6. The summed E-state index contributed by atoms with van der Waals surface area (Å²) in [4.78, 5) is 25.7. The minimum atomic E-state index is -0.331.